The van der Waals surface area contributed by atoms with Gasteiger partial charge >= 0.3 is 5.97 Å². The summed E-state index contributed by atoms with van der Waals surface area (Å²) in [6, 6.07) is 1.78. The zero-order chi connectivity index (χ0) is 10.3. The molecule has 76 valence electrons. The van der Waals surface area contributed by atoms with Crippen LogP contribution in [-0.2, 0) is 0 Å². The molecule has 0 aromatic carbocycles. The van der Waals surface area contributed by atoms with Crippen molar-refractivity contribution in [1.29, 1.82) is 0 Å². The van der Waals surface area contributed by atoms with Gasteiger partial charge in [-0.05, 0) is 6.07 Å². The number of nitrogens with zero attached hydrogens (tertiary/aromatic N) is 1. The molecule has 3 nitrogen and oxygen atoms in total. The highest BCUT2D eigenvalue weighted by Gasteiger charge is 2.24. The second kappa shape index (κ2) is 3.47. The van der Waals surface area contributed by atoms with Crippen LogP contribution in [0.1, 0.15) is 16.6 Å². The van der Waals surface area contributed by atoms with E-state index in [-0.39, 0.29) is 0 Å². The topological polar surface area (TPSA) is 40.5 Å². The molecule has 1 atom stereocenters. The molecule has 0 spiro atoms. The Balaban J connectivity index is 2.40. The summed E-state index contributed by atoms with van der Waals surface area (Å²) in [4.78, 5) is 14.5. The maximum Gasteiger partial charge on any atom is 0.345 e. The average molecular weight is 229 g/mol. The van der Waals surface area contributed by atoms with E-state index in [2.05, 4.69) is 11.8 Å². The molecule has 1 aromatic heterocycles. The minimum absolute atomic E-state index is 0.434. The Morgan fingerprint density at radius 1 is 1.71 bits per heavy atom. The van der Waals surface area contributed by atoms with Crippen molar-refractivity contribution in [2.75, 3.05) is 18.5 Å². The van der Waals surface area contributed by atoms with E-state index in [4.69, 9.17) is 5.11 Å². The fourth-order valence-electron chi connectivity index (χ4n) is 1.54. The number of thiophene rings is 1. The van der Waals surface area contributed by atoms with Gasteiger partial charge in [0.15, 0.2) is 0 Å². The van der Waals surface area contributed by atoms with Crippen molar-refractivity contribution in [2.24, 2.45) is 0 Å². The Labute approximate surface area is 90.7 Å². The summed E-state index contributed by atoms with van der Waals surface area (Å²) >= 11 is 3.12. The Bertz CT molecular complexity index is 375. The zero-order valence-electron chi connectivity index (χ0n) is 7.98. The molecule has 0 radical (unpaired) electrons. The minimum atomic E-state index is -0.828. The van der Waals surface area contributed by atoms with Crippen molar-refractivity contribution in [3.05, 3.63) is 10.9 Å². The van der Waals surface area contributed by atoms with E-state index in [1.54, 1.807) is 17.8 Å². The second-order valence-corrected chi connectivity index (χ2v) is 5.91. The van der Waals surface area contributed by atoms with Gasteiger partial charge in [-0.15, -0.1) is 23.1 Å². The van der Waals surface area contributed by atoms with E-state index in [9.17, 15) is 4.79 Å². The molecule has 1 N–H and O–H groups in total. The van der Waals surface area contributed by atoms with Crippen LogP contribution in [-0.4, -0.2) is 29.9 Å². The first-order valence-corrected chi connectivity index (χ1v) is 6.02. The Morgan fingerprint density at radius 3 is 3.07 bits per heavy atom. The van der Waals surface area contributed by atoms with Crippen molar-refractivity contribution in [2.45, 2.75) is 17.1 Å². The molecular weight excluding hydrogens is 218 g/mol. The lowest BCUT2D eigenvalue weighted by Crippen LogP contribution is -2.28. The lowest BCUT2D eigenvalue weighted by atomic mass is 10.4. The van der Waals surface area contributed by atoms with Crippen LogP contribution in [0.3, 0.4) is 0 Å². The van der Waals surface area contributed by atoms with Gasteiger partial charge in [-0.1, -0.05) is 6.92 Å². The minimum Gasteiger partial charge on any atom is -0.477 e. The third-order valence-corrected chi connectivity index (χ3v) is 4.58. The van der Waals surface area contributed by atoms with Crippen molar-refractivity contribution in [1.82, 2.24) is 0 Å². The largest absolute Gasteiger partial charge is 0.477 e. The lowest BCUT2D eigenvalue weighted by Gasteiger charge is -2.28. The zero-order valence-corrected chi connectivity index (χ0v) is 9.61. The average Bonchev–Trinajstić information content (AvgIpc) is 2.47. The molecule has 2 rings (SSSR count). The number of hydrogen-bond donors (Lipinski definition) is 1. The van der Waals surface area contributed by atoms with Crippen molar-refractivity contribution < 1.29 is 9.90 Å². The molecule has 0 aliphatic carbocycles. The lowest BCUT2D eigenvalue weighted by molar-refractivity contribution is 0.0702. The summed E-state index contributed by atoms with van der Waals surface area (Å²) < 4.78 is 0. The van der Waals surface area contributed by atoms with Crippen molar-refractivity contribution in [3.8, 4) is 0 Å². The highest BCUT2D eigenvalue weighted by Crippen LogP contribution is 2.43. The van der Waals surface area contributed by atoms with Crippen molar-refractivity contribution in [3.63, 3.8) is 0 Å². The molecule has 1 aliphatic rings. The highest BCUT2D eigenvalue weighted by atomic mass is 32.2. The monoisotopic (exact) mass is 229 g/mol. The molecule has 0 bridgehead atoms. The summed E-state index contributed by atoms with van der Waals surface area (Å²) in [6.45, 7) is 3.14. The number of rotatable bonds is 1. The van der Waals surface area contributed by atoms with Gasteiger partial charge in [0.25, 0.3) is 0 Å². The van der Waals surface area contributed by atoms with E-state index in [1.165, 1.54) is 11.3 Å². The van der Waals surface area contributed by atoms with Gasteiger partial charge in [0, 0.05) is 23.7 Å². The van der Waals surface area contributed by atoms with Crippen LogP contribution in [0.15, 0.2) is 11.0 Å². The normalized spacial score (nSPS) is 20.7. The number of carboxylic acid groups (broad SMARTS) is 1. The highest BCUT2D eigenvalue weighted by molar-refractivity contribution is 8.00. The summed E-state index contributed by atoms with van der Waals surface area (Å²) in [5, 5.41) is 10.5. The maximum absolute atomic E-state index is 10.8. The van der Waals surface area contributed by atoms with Crippen LogP contribution < -0.4 is 4.90 Å². The maximum atomic E-state index is 10.8. The molecule has 0 amide bonds. The molecule has 0 fully saturated rings. The fraction of sp³-hybridized carbons (Fsp3) is 0.444. The number of carbonyl (C=O) groups is 1. The van der Waals surface area contributed by atoms with Gasteiger partial charge in [0.2, 0.25) is 0 Å². The number of thioether (sulfide) groups is 1. The summed E-state index contributed by atoms with van der Waals surface area (Å²) in [6.07, 6.45) is 0. The van der Waals surface area contributed by atoms with E-state index >= 15 is 0 Å². The van der Waals surface area contributed by atoms with E-state index in [0.717, 1.165) is 16.4 Å². The standard InChI is InChI=1S/C9H11NO2S2/c1-5-4-10(2)8-6(13-5)3-7(14-8)9(11)12/h3,5H,4H2,1-2H3,(H,11,12). The predicted octanol–water partition coefficient (Wildman–Crippen LogP) is 2.38. The van der Waals surface area contributed by atoms with Crippen molar-refractivity contribution >= 4 is 34.1 Å². The van der Waals surface area contributed by atoms with Gasteiger partial charge in [-0.3, -0.25) is 0 Å². The number of anilines is 1. The van der Waals surface area contributed by atoms with Crippen LogP contribution in [0.5, 0.6) is 0 Å². The Morgan fingerprint density at radius 2 is 2.43 bits per heavy atom. The predicted molar refractivity (Wildman–Crippen MR) is 59.9 cm³/mol. The van der Waals surface area contributed by atoms with Crippen LogP contribution >= 0.6 is 23.1 Å². The first-order chi connectivity index (χ1) is 6.58. The molecular formula is C9H11NO2S2. The number of fused-ring (bicyclic) bond motifs is 1. The number of carboxylic acids is 1. The van der Waals surface area contributed by atoms with Crippen LogP contribution in [0.25, 0.3) is 0 Å². The fourth-order valence-corrected chi connectivity index (χ4v) is 3.92. The third kappa shape index (κ3) is 1.62. The SMILES string of the molecule is CC1CN(C)c2sc(C(=O)O)cc2S1. The first-order valence-electron chi connectivity index (χ1n) is 4.33. The summed E-state index contributed by atoms with van der Waals surface area (Å²) in [7, 11) is 2.01. The quantitative estimate of drug-likeness (QED) is 0.802. The second-order valence-electron chi connectivity index (χ2n) is 3.39. The molecule has 0 saturated heterocycles. The Kier molecular flexibility index (Phi) is 2.45. The van der Waals surface area contributed by atoms with Gasteiger partial charge in [-0.2, -0.15) is 0 Å². The van der Waals surface area contributed by atoms with Crippen LogP contribution in [0, 0.1) is 0 Å². The number of hydrogen-bond acceptors (Lipinski definition) is 4. The summed E-state index contributed by atoms with van der Waals surface area (Å²) in [5.74, 6) is -0.828. The van der Waals surface area contributed by atoms with Gasteiger partial charge < -0.3 is 10.0 Å². The van der Waals surface area contributed by atoms with E-state index < -0.39 is 5.97 Å². The van der Waals surface area contributed by atoms with Gasteiger partial charge in [0.05, 0.1) is 0 Å². The van der Waals surface area contributed by atoms with E-state index in [1.807, 2.05) is 7.05 Å². The Hall–Kier alpha value is -0.680. The number of aromatic carboxylic acids is 1. The van der Waals surface area contributed by atoms with Crippen LogP contribution in [0.2, 0.25) is 0 Å². The van der Waals surface area contributed by atoms with E-state index in [0.29, 0.717) is 10.1 Å². The third-order valence-electron chi connectivity index (χ3n) is 2.10. The van der Waals surface area contributed by atoms with Gasteiger partial charge in [-0.25, -0.2) is 4.79 Å². The summed E-state index contributed by atoms with van der Waals surface area (Å²) in [5.41, 5.74) is 0. The smallest absolute Gasteiger partial charge is 0.345 e. The molecule has 2 heterocycles. The van der Waals surface area contributed by atoms with Crippen LogP contribution in [0.4, 0.5) is 5.00 Å². The molecule has 0 saturated carbocycles. The molecule has 1 aromatic rings. The molecule has 5 heteroatoms. The molecule has 1 unspecified atom stereocenters. The molecule has 14 heavy (non-hydrogen) atoms. The first kappa shape index (κ1) is 9.86. The van der Waals surface area contributed by atoms with Gasteiger partial charge in [0.1, 0.15) is 9.88 Å². The molecule has 1 aliphatic heterocycles.